The molecule has 5 heteroatoms. The molecule has 0 heterocycles. The maximum absolute atomic E-state index is 6.33. The Morgan fingerprint density at radius 1 is 0.529 bits per heavy atom. The van der Waals surface area contributed by atoms with Crippen LogP contribution in [0.2, 0.25) is 0 Å². The molecule has 0 aliphatic carbocycles. The second-order valence-electron chi connectivity index (χ2n) is 1.97. The Labute approximate surface area is 125 Å². The minimum atomic E-state index is 0. The normalized spacial score (nSPS) is 5.88. The van der Waals surface area contributed by atoms with E-state index in [2.05, 4.69) is 26.3 Å². The van der Waals surface area contributed by atoms with E-state index in [-0.39, 0.29) is 25.8 Å². The Bertz CT molecular complexity index is 106. The van der Waals surface area contributed by atoms with Crippen LogP contribution in [0.5, 0.6) is 0 Å². The van der Waals surface area contributed by atoms with Gasteiger partial charge in [-0.2, -0.15) is 0 Å². The van der Waals surface area contributed by atoms with Crippen molar-refractivity contribution in [1.29, 1.82) is 0 Å². The Morgan fingerprint density at radius 2 is 0.588 bits per heavy atom. The molecule has 4 N–H and O–H groups in total. The van der Waals surface area contributed by atoms with E-state index in [1.54, 1.807) is 24.3 Å². The summed E-state index contributed by atoms with van der Waals surface area (Å²) in [6.45, 7) is 14.5. The topological polar surface area (TPSA) is 95.2 Å². The molecule has 0 saturated heterocycles. The summed E-state index contributed by atoms with van der Waals surface area (Å²) in [6, 6.07) is 0. The molecule has 17 heavy (non-hydrogen) atoms. The predicted molar refractivity (Wildman–Crippen MR) is 77.5 cm³/mol. The van der Waals surface area contributed by atoms with Crippen molar-refractivity contribution in [3.63, 3.8) is 0 Å². The Kier molecular flexibility index (Phi) is 101. The Morgan fingerprint density at radius 3 is 0.588 bits per heavy atom. The number of rotatable bonds is 4. The van der Waals surface area contributed by atoms with E-state index in [1.165, 1.54) is 0 Å². The molecule has 0 aliphatic rings. The van der Waals surface area contributed by atoms with Gasteiger partial charge in [0, 0.05) is 0 Å². The summed E-state index contributed by atoms with van der Waals surface area (Å²) in [5.74, 6) is 0. The fourth-order valence-corrected chi connectivity index (χ4v) is 0. The zero-order chi connectivity index (χ0) is 13.7. The summed E-state index contributed by atoms with van der Waals surface area (Å²) < 4.78 is 0. The molecular formula is C12H24HfN4. The third-order valence-corrected chi connectivity index (χ3v) is 0.577. The van der Waals surface area contributed by atoms with Crippen LogP contribution in [-0.4, -0.2) is 26.2 Å². The van der Waals surface area contributed by atoms with Gasteiger partial charge < -0.3 is 22.9 Å². The quantitative estimate of drug-likeness (QED) is 0.472. The van der Waals surface area contributed by atoms with Crippen molar-refractivity contribution in [2.75, 3.05) is 26.2 Å². The van der Waals surface area contributed by atoms with Crippen LogP contribution in [0.1, 0.15) is 0 Å². The zero-order valence-electron chi connectivity index (χ0n) is 10.5. The third kappa shape index (κ3) is 217. The van der Waals surface area contributed by atoms with Gasteiger partial charge in [-0.15, -0.1) is 76.8 Å². The van der Waals surface area contributed by atoms with E-state index in [4.69, 9.17) is 22.9 Å². The molecule has 0 aliphatic heterocycles. The van der Waals surface area contributed by atoms with Gasteiger partial charge in [0.2, 0.25) is 0 Å². The van der Waals surface area contributed by atoms with Gasteiger partial charge in [0.05, 0.1) is 0 Å². The maximum atomic E-state index is 6.33. The minimum absolute atomic E-state index is 0. The standard InChI is InChI=1S/4C3H6N.Hf/c4*1-2-3-4;/h4*2,4H,1,3H2;/q4*-1;+4. The number of hydrogen-bond acceptors (Lipinski definition) is 0. The minimum Gasteiger partial charge on any atom is -0.674 e. The van der Waals surface area contributed by atoms with Crippen molar-refractivity contribution in [3.05, 3.63) is 73.6 Å². The van der Waals surface area contributed by atoms with Crippen LogP contribution in [0.3, 0.4) is 0 Å². The molecule has 4 nitrogen and oxygen atoms in total. The van der Waals surface area contributed by atoms with Crippen molar-refractivity contribution in [2.45, 2.75) is 0 Å². The molecule has 0 aromatic heterocycles. The Hall–Kier alpha value is -0.330. The molecular weight excluding hydrogens is 379 g/mol. The van der Waals surface area contributed by atoms with Crippen LogP contribution in [0.4, 0.5) is 0 Å². The summed E-state index contributed by atoms with van der Waals surface area (Å²) in [5.41, 5.74) is 25.3. The summed E-state index contributed by atoms with van der Waals surface area (Å²) >= 11 is 0. The molecule has 0 aromatic rings. The molecule has 0 aromatic carbocycles. The Balaban J connectivity index is -0.0000000369. The first-order valence-corrected chi connectivity index (χ1v) is 4.68. The zero-order valence-corrected chi connectivity index (χ0v) is 14.1. The van der Waals surface area contributed by atoms with Gasteiger partial charge >= 0.3 is 25.8 Å². The summed E-state index contributed by atoms with van der Waals surface area (Å²) in [6.07, 6.45) is 6.17. The maximum Gasteiger partial charge on any atom is 4.00 e. The molecule has 0 bridgehead atoms. The molecule has 0 spiro atoms. The van der Waals surface area contributed by atoms with E-state index >= 15 is 0 Å². The van der Waals surface area contributed by atoms with Gasteiger partial charge in [-0.1, -0.05) is 0 Å². The van der Waals surface area contributed by atoms with E-state index in [9.17, 15) is 0 Å². The largest absolute Gasteiger partial charge is 4.00 e. The fraction of sp³-hybridized carbons (Fsp3) is 0.333. The van der Waals surface area contributed by atoms with Crippen molar-refractivity contribution < 1.29 is 25.8 Å². The predicted octanol–water partition coefficient (Wildman–Crippen LogP) is 4.90. The second-order valence-corrected chi connectivity index (χ2v) is 1.97. The van der Waals surface area contributed by atoms with Gasteiger partial charge in [-0.25, -0.2) is 0 Å². The van der Waals surface area contributed by atoms with Crippen LogP contribution in [0.15, 0.2) is 50.6 Å². The van der Waals surface area contributed by atoms with Crippen LogP contribution < -0.4 is 0 Å². The van der Waals surface area contributed by atoms with E-state index < -0.39 is 0 Å². The van der Waals surface area contributed by atoms with Crippen molar-refractivity contribution in [3.8, 4) is 0 Å². The average Bonchev–Trinajstić information content (AvgIpc) is 2.39. The van der Waals surface area contributed by atoms with Gasteiger partial charge in [0.15, 0.2) is 0 Å². The summed E-state index contributed by atoms with van der Waals surface area (Å²) in [5, 5.41) is 0. The first-order chi connectivity index (χ1) is 7.66. The van der Waals surface area contributed by atoms with Crippen molar-refractivity contribution in [2.24, 2.45) is 0 Å². The van der Waals surface area contributed by atoms with E-state index in [1.807, 2.05) is 0 Å². The molecule has 0 unspecified atom stereocenters. The average molecular weight is 403 g/mol. The van der Waals surface area contributed by atoms with E-state index in [0.29, 0.717) is 26.2 Å². The smallest absolute Gasteiger partial charge is 0.674 e. The van der Waals surface area contributed by atoms with Crippen LogP contribution in [0, 0.1) is 0 Å². The summed E-state index contributed by atoms with van der Waals surface area (Å²) in [4.78, 5) is 0. The van der Waals surface area contributed by atoms with Gasteiger partial charge in [0.1, 0.15) is 0 Å². The van der Waals surface area contributed by atoms with Crippen LogP contribution >= 0.6 is 0 Å². The molecule has 96 valence electrons. The molecule has 0 fully saturated rings. The third-order valence-electron chi connectivity index (χ3n) is 0.577. The number of hydrogen-bond donors (Lipinski definition) is 0. The van der Waals surface area contributed by atoms with Gasteiger partial charge in [0.25, 0.3) is 0 Å². The van der Waals surface area contributed by atoms with Crippen LogP contribution in [0.25, 0.3) is 22.9 Å². The summed E-state index contributed by atoms with van der Waals surface area (Å²) in [7, 11) is 0. The monoisotopic (exact) mass is 404 g/mol. The van der Waals surface area contributed by atoms with Gasteiger partial charge in [-0.3, -0.25) is 0 Å². The first kappa shape index (κ1) is 30.1. The van der Waals surface area contributed by atoms with Crippen LogP contribution in [-0.2, 0) is 25.8 Å². The van der Waals surface area contributed by atoms with Crippen molar-refractivity contribution in [1.82, 2.24) is 0 Å². The SMILES string of the molecule is C=CC[NH-].C=CC[NH-].C=CC[NH-].C=CC[NH-].[Hf+4]. The van der Waals surface area contributed by atoms with Crippen molar-refractivity contribution >= 4 is 0 Å². The van der Waals surface area contributed by atoms with E-state index in [0.717, 1.165) is 0 Å². The van der Waals surface area contributed by atoms with Gasteiger partial charge in [-0.05, 0) is 0 Å². The fourth-order valence-electron chi connectivity index (χ4n) is 0. The molecule has 0 saturated carbocycles. The first-order valence-electron chi connectivity index (χ1n) is 4.68. The number of nitrogens with one attached hydrogen (secondary N) is 4. The second kappa shape index (κ2) is 57.3. The molecule has 0 radical (unpaired) electrons. The molecule has 0 amide bonds. The molecule has 0 atom stereocenters. The molecule has 0 rings (SSSR count).